The lowest BCUT2D eigenvalue weighted by atomic mass is 10.1. The predicted molar refractivity (Wildman–Crippen MR) is 80.4 cm³/mol. The molecule has 2 heterocycles. The van der Waals surface area contributed by atoms with E-state index in [-0.39, 0.29) is 23.7 Å². The highest BCUT2D eigenvalue weighted by atomic mass is 32.1. The third-order valence-electron chi connectivity index (χ3n) is 5.05. The number of carboxylic acid groups (broad SMARTS) is 1. The maximum Gasteiger partial charge on any atom is 0.307 e. The van der Waals surface area contributed by atoms with Crippen molar-refractivity contribution >= 4 is 23.2 Å². The van der Waals surface area contributed by atoms with Gasteiger partial charge in [0.05, 0.1) is 19.1 Å². The maximum absolute atomic E-state index is 12.8. The van der Waals surface area contributed by atoms with Crippen molar-refractivity contribution in [1.82, 2.24) is 4.90 Å². The number of carbonyl (C=O) groups excluding carboxylic acids is 1. The second-order valence-electron chi connectivity index (χ2n) is 6.53. The van der Waals surface area contributed by atoms with E-state index in [4.69, 9.17) is 9.84 Å². The number of hydrogen-bond acceptors (Lipinski definition) is 4. The third-order valence-corrected chi connectivity index (χ3v) is 5.91. The minimum absolute atomic E-state index is 0.0467. The molecular weight excluding hydrogens is 302 g/mol. The molecule has 0 aromatic carbocycles. The van der Waals surface area contributed by atoms with Gasteiger partial charge in [0, 0.05) is 10.9 Å². The quantitative estimate of drug-likeness (QED) is 0.900. The Morgan fingerprint density at radius 2 is 2.18 bits per heavy atom. The highest BCUT2D eigenvalue weighted by molar-refractivity contribution is 7.09. The van der Waals surface area contributed by atoms with Crippen LogP contribution in [0.25, 0.3) is 0 Å². The summed E-state index contributed by atoms with van der Waals surface area (Å²) in [6.45, 7) is 1.06. The molecule has 3 aliphatic rings. The van der Waals surface area contributed by atoms with Crippen LogP contribution in [0.3, 0.4) is 0 Å². The molecular formula is C16H19NO4S. The van der Waals surface area contributed by atoms with Crippen molar-refractivity contribution in [3.8, 4) is 0 Å². The Morgan fingerprint density at radius 3 is 2.82 bits per heavy atom. The number of carbonyl (C=O) groups is 2. The number of fused-ring (bicyclic) bond motifs is 1. The van der Waals surface area contributed by atoms with Crippen molar-refractivity contribution in [2.24, 2.45) is 17.8 Å². The van der Waals surface area contributed by atoms with Crippen molar-refractivity contribution in [3.63, 3.8) is 0 Å². The average Bonchev–Trinajstić information content (AvgIpc) is 3.41. The zero-order valence-electron chi connectivity index (χ0n) is 12.2. The molecule has 4 rings (SSSR count). The standard InChI is InChI=1S/C16H19NO4S/c18-15(13-6-11-12(8-21-13)14(11)16(19)20)17(9-3-4-9)7-10-2-1-5-22-10/h1-2,5,9,11-14H,3-4,6-8H2,(H,19,20)/t11-,12+,13-,14-/m0/s1. The minimum Gasteiger partial charge on any atom is -0.481 e. The smallest absolute Gasteiger partial charge is 0.307 e. The Balaban J connectivity index is 1.42. The van der Waals surface area contributed by atoms with Crippen LogP contribution in [0.1, 0.15) is 24.1 Å². The number of aliphatic carboxylic acids is 1. The molecule has 3 fully saturated rings. The molecule has 4 atom stereocenters. The number of ether oxygens (including phenoxy) is 1. The van der Waals surface area contributed by atoms with E-state index in [0.717, 1.165) is 12.8 Å². The van der Waals surface area contributed by atoms with Gasteiger partial charge in [-0.15, -0.1) is 11.3 Å². The Bertz CT molecular complexity index is 583. The molecule has 5 nitrogen and oxygen atoms in total. The lowest BCUT2D eigenvalue weighted by Crippen LogP contribution is -2.43. The number of rotatable bonds is 5. The molecule has 0 spiro atoms. The van der Waals surface area contributed by atoms with Gasteiger partial charge in [0.1, 0.15) is 6.10 Å². The van der Waals surface area contributed by atoms with Crippen LogP contribution in [-0.4, -0.2) is 40.6 Å². The Labute approximate surface area is 132 Å². The molecule has 1 aromatic rings. The lowest BCUT2D eigenvalue weighted by molar-refractivity contribution is -0.148. The Kier molecular flexibility index (Phi) is 3.46. The highest BCUT2D eigenvalue weighted by Crippen LogP contribution is 2.52. The van der Waals surface area contributed by atoms with Gasteiger partial charge in [0.15, 0.2) is 0 Å². The van der Waals surface area contributed by atoms with E-state index in [1.54, 1.807) is 11.3 Å². The summed E-state index contributed by atoms with van der Waals surface area (Å²) in [5.74, 6) is -0.754. The third kappa shape index (κ3) is 2.54. The number of amides is 1. The average molecular weight is 321 g/mol. The van der Waals surface area contributed by atoms with Gasteiger partial charge in [-0.2, -0.15) is 0 Å². The van der Waals surface area contributed by atoms with E-state index in [1.165, 1.54) is 4.88 Å². The van der Waals surface area contributed by atoms with Crippen LogP contribution >= 0.6 is 11.3 Å². The number of nitrogens with zero attached hydrogens (tertiary/aromatic N) is 1. The molecule has 0 unspecified atom stereocenters. The van der Waals surface area contributed by atoms with Crippen molar-refractivity contribution < 1.29 is 19.4 Å². The van der Waals surface area contributed by atoms with Gasteiger partial charge >= 0.3 is 5.97 Å². The van der Waals surface area contributed by atoms with Crippen LogP contribution in [0.2, 0.25) is 0 Å². The van der Waals surface area contributed by atoms with Crippen LogP contribution in [0.4, 0.5) is 0 Å². The number of hydrogen-bond donors (Lipinski definition) is 1. The van der Waals surface area contributed by atoms with E-state index in [1.807, 2.05) is 22.4 Å². The summed E-state index contributed by atoms with van der Waals surface area (Å²) < 4.78 is 5.70. The van der Waals surface area contributed by atoms with Gasteiger partial charge in [-0.05, 0) is 42.5 Å². The summed E-state index contributed by atoms with van der Waals surface area (Å²) >= 11 is 1.66. The highest BCUT2D eigenvalue weighted by Gasteiger charge is 2.59. The molecule has 22 heavy (non-hydrogen) atoms. The number of thiophene rings is 1. The maximum atomic E-state index is 12.8. The first-order valence-corrected chi connectivity index (χ1v) is 8.70. The Morgan fingerprint density at radius 1 is 1.36 bits per heavy atom. The summed E-state index contributed by atoms with van der Waals surface area (Å²) in [5.41, 5.74) is 0. The molecule has 1 aliphatic heterocycles. The van der Waals surface area contributed by atoms with Crippen molar-refractivity contribution in [2.75, 3.05) is 6.61 Å². The predicted octanol–water partition coefficient (Wildman–Crippen LogP) is 1.97. The zero-order chi connectivity index (χ0) is 15.3. The van der Waals surface area contributed by atoms with Crippen LogP contribution in [0.15, 0.2) is 17.5 Å². The van der Waals surface area contributed by atoms with E-state index in [9.17, 15) is 9.59 Å². The van der Waals surface area contributed by atoms with E-state index in [0.29, 0.717) is 25.6 Å². The van der Waals surface area contributed by atoms with Gasteiger partial charge < -0.3 is 14.7 Å². The van der Waals surface area contributed by atoms with Gasteiger partial charge in [-0.1, -0.05) is 6.07 Å². The van der Waals surface area contributed by atoms with E-state index < -0.39 is 12.1 Å². The fourth-order valence-electron chi connectivity index (χ4n) is 3.60. The van der Waals surface area contributed by atoms with Crippen LogP contribution in [0.5, 0.6) is 0 Å². The normalized spacial score (nSPS) is 33.1. The van der Waals surface area contributed by atoms with Crippen molar-refractivity contribution in [3.05, 3.63) is 22.4 Å². The Hall–Kier alpha value is -1.40. The molecule has 118 valence electrons. The monoisotopic (exact) mass is 321 g/mol. The summed E-state index contributed by atoms with van der Waals surface area (Å²) in [7, 11) is 0. The van der Waals surface area contributed by atoms with E-state index in [2.05, 4.69) is 0 Å². The summed E-state index contributed by atoms with van der Waals surface area (Å²) in [4.78, 5) is 27.0. The fourth-order valence-corrected chi connectivity index (χ4v) is 4.31. The van der Waals surface area contributed by atoms with E-state index >= 15 is 0 Å². The van der Waals surface area contributed by atoms with Crippen LogP contribution in [-0.2, 0) is 20.9 Å². The zero-order valence-corrected chi connectivity index (χ0v) is 13.0. The molecule has 1 N–H and O–H groups in total. The lowest BCUT2D eigenvalue weighted by Gasteiger charge is -2.29. The molecule has 1 amide bonds. The second-order valence-corrected chi connectivity index (χ2v) is 7.56. The van der Waals surface area contributed by atoms with Crippen molar-refractivity contribution in [2.45, 2.75) is 38.0 Å². The van der Waals surface area contributed by atoms with Crippen molar-refractivity contribution in [1.29, 1.82) is 0 Å². The topological polar surface area (TPSA) is 66.8 Å². The first kappa shape index (κ1) is 14.2. The van der Waals surface area contributed by atoms with Gasteiger partial charge in [0.2, 0.25) is 0 Å². The molecule has 0 bridgehead atoms. The first-order chi connectivity index (χ1) is 10.6. The summed E-state index contributed by atoms with van der Waals surface area (Å²) in [6, 6.07) is 4.39. The summed E-state index contributed by atoms with van der Waals surface area (Å²) in [5, 5.41) is 11.2. The molecule has 2 saturated carbocycles. The fraction of sp³-hybridized carbons (Fsp3) is 0.625. The SMILES string of the molecule is O=C(O)[C@@H]1[C@@H]2CO[C@H](C(=O)N(Cc3cccs3)C3CC3)C[C@@H]21. The molecule has 2 aliphatic carbocycles. The van der Waals surface area contributed by atoms with Crippen LogP contribution in [0, 0.1) is 17.8 Å². The van der Waals surface area contributed by atoms with Crippen LogP contribution < -0.4 is 0 Å². The molecule has 1 aromatic heterocycles. The summed E-state index contributed by atoms with van der Waals surface area (Å²) in [6.07, 6.45) is 2.24. The molecule has 1 saturated heterocycles. The van der Waals surface area contributed by atoms with Gasteiger partial charge in [-0.3, -0.25) is 9.59 Å². The minimum atomic E-state index is -0.746. The molecule has 0 radical (unpaired) electrons. The first-order valence-electron chi connectivity index (χ1n) is 7.82. The molecule has 6 heteroatoms. The second kappa shape index (κ2) is 5.35. The van der Waals surface area contributed by atoms with Gasteiger partial charge in [-0.25, -0.2) is 0 Å². The number of carboxylic acids is 1. The largest absolute Gasteiger partial charge is 0.481 e. The van der Waals surface area contributed by atoms with Gasteiger partial charge in [0.25, 0.3) is 5.91 Å².